The SMILES string of the molecule is CC1CCCC(CCC(=O)C2CC2)C1. The molecule has 0 N–H and O–H groups in total. The van der Waals surface area contributed by atoms with Crippen molar-refractivity contribution in [2.75, 3.05) is 0 Å². The van der Waals surface area contributed by atoms with E-state index in [0.717, 1.165) is 18.3 Å². The molecule has 0 heterocycles. The van der Waals surface area contributed by atoms with Gasteiger partial charge >= 0.3 is 0 Å². The summed E-state index contributed by atoms with van der Waals surface area (Å²) in [5.74, 6) is 2.81. The lowest BCUT2D eigenvalue weighted by molar-refractivity contribution is -0.120. The van der Waals surface area contributed by atoms with Crippen LogP contribution in [-0.4, -0.2) is 5.78 Å². The molecule has 0 amide bonds. The van der Waals surface area contributed by atoms with Crippen LogP contribution >= 0.6 is 0 Å². The van der Waals surface area contributed by atoms with E-state index < -0.39 is 0 Å². The van der Waals surface area contributed by atoms with Gasteiger partial charge in [0.25, 0.3) is 0 Å². The van der Waals surface area contributed by atoms with Crippen LogP contribution < -0.4 is 0 Å². The molecule has 2 rings (SSSR count). The molecule has 0 radical (unpaired) electrons. The summed E-state index contributed by atoms with van der Waals surface area (Å²) in [5, 5.41) is 0. The summed E-state index contributed by atoms with van der Waals surface area (Å²) in [6.45, 7) is 2.36. The summed E-state index contributed by atoms with van der Waals surface area (Å²) in [5.41, 5.74) is 0. The molecule has 1 heteroatoms. The molecule has 2 aliphatic carbocycles. The van der Waals surface area contributed by atoms with Gasteiger partial charge in [-0.1, -0.05) is 26.2 Å². The highest BCUT2D eigenvalue weighted by Gasteiger charge is 2.29. The van der Waals surface area contributed by atoms with E-state index in [9.17, 15) is 4.79 Å². The Morgan fingerprint density at radius 2 is 2.00 bits per heavy atom. The summed E-state index contributed by atoms with van der Waals surface area (Å²) >= 11 is 0. The van der Waals surface area contributed by atoms with Crippen LogP contribution in [0.5, 0.6) is 0 Å². The second-order valence-electron chi connectivity index (χ2n) is 5.42. The lowest BCUT2D eigenvalue weighted by atomic mass is 9.80. The summed E-state index contributed by atoms with van der Waals surface area (Å²) in [4.78, 5) is 11.5. The third kappa shape index (κ3) is 2.83. The molecule has 14 heavy (non-hydrogen) atoms. The first-order valence-corrected chi connectivity index (χ1v) is 6.28. The first-order chi connectivity index (χ1) is 6.75. The average Bonchev–Trinajstić information content (AvgIpc) is 2.97. The molecule has 2 aliphatic rings. The quantitative estimate of drug-likeness (QED) is 0.668. The second-order valence-corrected chi connectivity index (χ2v) is 5.42. The van der Waals surface area contributed by atoms with E-state index in [1.807, 2.05) is 0 Å². The maximum Gasteiger partial charge on any atom is 0.135 e. The van der Waals surface area contributed by atoms with Gasteiger partial charge in [0.15, 0.2) is 0 Å². The monoisotopic (exact) mass is 194 g/mol. The van der Waals surface area contributed by atoms with Crippen molar-refractivity contribution < 1.29 is 4.79 Å². The minimum absolute atomic E-state index is 0.482. The molecule has 0 aromatic heterocycles. The maximum absolute atomic E-state index is 11.5. The lowest BCUT2D eigenvalue weighted by Gasteiger charge is -2.26. The standard InChI is InChI=1S/C13H22O/c1-10-3-2-4-11(9-10)5-8-13(14)12-6-7-12/h10-12H,2-9H2,1H3. The fourth-order valence-corrected chi connectivity index (χ4v) is 2.78. The molecular formula is C13H22O. The van der Waals surface area contributed by atoms with E-state index in [0.29, 0.717) is 11.7 Å². The van der Waals surface area contributed by atoms with E-state index in [-0.39, 0.29) is 0 Å². The van der Waals surface area contributed by atoms with E-state index in [2.05, 4.69) is 6.92 Å². The van der Waals surface area contributed by atoms with E-state index in [1.165, 1.54) is 44.9 Å². The molecule has 2 fully saturated rings. The van der Waals surface area contributed by atoms with Gasteiger partial charge in [0, 0.05) is 12.3 Å². The van der Waals surface area contributed by atoms with Gasteiger partial charge in [-0.05, 0) is 37.5 Å². The number of carbonyl (C=O) groups is 1. The summed E-state index contributed by atoms with van der Waals surface area (Å²) in [6.07, 6.45) is 9.97. The van der Waals surface area contributed by atoms with Gasteiger partial charge in [0.2, 0.25) is 0 Å². The molecule has 80 valence electrons. The molecule has 0 bridgehead atoms. The Morgan fingerprint density at radius 3 is 2.64 bits per heavy atom. The minimum atomic E-state index is 0.482. The number of hydrogen-bond acceptors (Lipinski definition) is 1. The molecule has 0 aromatic rings. The zero-order valence-electron chi connectivity index (χ0n) is 9.30. The lowest BCUT2D eigenvalue weighted by Crippen LogP contribution is -2.14. The molecule has 0 aliphatic heterocycles. The highest BCUT2D eigenvalue weighted by molar-refractivity contribution is 5.83. The Balaban J connectivity index is 1.66. The van der Waals surface area contributed by atoms with Crippen LogP contribution in [0.4, 0.5) is 0 Å². The zero-order chi connectivity index (χ0) is 9.97. The van der Waals surface area contributed by atoms with Crippen molar-refractivity contribution in [1.82, 2.24) is 0 Å². The summed E-state index contributed by atoms with van der Waals surface area (Å²) < 4.78 is 0. The van der Waals surface area contributed by atoms with Crippen LogP contribution in [0.1, 0.15) is 58.3 Å². The fraction of sp³-hybridized carbons (Fsp3) is 0.923. The third-order valence-electron chi connectivity index (χ3n) is 3.88. The highest BCUT2D eigenvalue weighted by atomic mass is 16.1. The minimum Gasteiger partial charge on any atom is -0.299 e. The molecule has 0 aromatic carbocycles. The van der Waals surface area contributed by atoms with Gasteiger partial charge in [0.05, 0.1) is 0 Å². The van der Waals surface area contributed by atoms with Crippen LogP contribution in [0.3, 0.4) is 0 Å². The topological polar surface area (TPSA) is 17.1 Å². The molecule has 2 unspecified atom stereocenters. The zero-order valence-corrected chi connectivity index (χ0v) is 9.30. The summed E-state index contributed by atoms with van der Waals surface area (Å²) in [7, 11) is 0. The molecule has 0 spiro atoms. The van der Waals surface area contributed by atoms with E-state index >= 15 is 0 Å². The highest BCUT2D eigenvalue weighted by Crippen LogP contribution is 2.35. The number of carbonyl (C=O) groups excluding carboxylic acids is 1. The van der Waals surface area contributed by atoms with Crippen molar-refractivity contribution >= 4 is 5.78 Å². The van der Waals surface area contributed by atoms with Gasteiger partial charge in [-0.2, -0.15) is 0 Å². The van der Waals surface area contributed by atoms with Crippen molar-refractivity contribution in [3.63, 3.8) is 0 Å². The Morgan fingerprint density at radius 1 is 1.21 bits per heavy atom. The normalized spacial score (nSPS) is 32.9. The Bertz CT molecular complexity index is 205. The molecule has 0 saturated heterocycles. The van der Waals surface area contributed by atoms with Crippen molar-refractivity contribution in [3.05, 3.63) is 0 Å². The Hall–Kier alpha value is -0.330. The average molecular weight is 194 g/mol. The number of hydrogen-bond donors (Lipinski definition) is 0. The van der Waals surface area contributed by atoms with Crippen molar-refractivity contribution in [3.8, 4) is 0 Å². The van der Waals surface area contributed by atoms with Crippen LogP contribution in [0.2, 0.25) is 0 Å². The maximum atomic E-state index is 11.5. The second kappa shape index (κ2) is 4.46. The van der Waals surface area contributed by atoms with E-state index in [1.54, 1.807) is 0 Å². The smallest absolute Gasteiger partial charge is 0.135 e. The summed E-state index contributed by atoms with van der Waals surface area (Å²) in [6, 6.07) is 0. The van der Waals surface area contributed by atoms with Gasteiger partial charge in [-0.25, -0.2) is 0 Å². The third-order valence-corrected chi connectivity index (χ3v) is 3.88. The molecule has 2 atom stereocenters. The Kier molecular flexibility index (Phi) is 3.25. The number of ketones is 1. The Labute approximate surface area is 87.3 Å². The van der Waals surface area contributed by atoms with E-state index in [4.69, 9.17) is 0 Å². The van der Waals surface area contributed by atoms with Gasteiger partial charge in [-0.3, -0.25) is 4.79 Å². The van der Waals surface area contributed by atoms with Gasteiger partial charge in [0.1, 0.15) is 5.78 Å². The predicted octanol–water partition coefficient (Wildman–Crippen LogP) is 3.57. The number of rotatable bonds is 4. The van der Waals surface area contributed by atoms with Crippen molar-refractivity contribution in [2.45, 2.75) is 58.3 Å². The fourth-order valence-electron chi connectivity index (χ4n) is 2.78. The van der Waals surface area contributed by atoms with Crippen LogP contribution in [0.25, 0.3) is 0 Å². The van der Waals surface area contributed by atoms with Gasteiger partial charge < -0.3 is 0 Å². The number of Topliss-reactive ketones (excluding diaryl/α,β-unsaturated/α-hetero) is 1. The largest absolute Gasteiger partial charge is 0.299 e. The first-order valence-electron chi connectivity index (χ1n) is 6.28. The predicted molar refractivity (Wildman–Crippen MR) is 58.1 cm³/mol. The van der Waals surface area contributed by atoms with Crippen LogP contribution in [0.15, 0.2) is 0 Å². The van der Waals surface area contributed by atoms with Crippen LogP contribution in [-0.2, 0) is 4.79 Å². The molecular weight excluding hydrogens is 172 g/mol. The van der Waals surface area contributed by atoms with Crippen LogP contribution in [0, 0.1) is 17.8 Å². The van der Waals surface area contributed by atoms with Crippen molar-refractivity contribution in [1.29, 1.82) is 0 Å². The molecule has 2 saturated carbocycles. The first kappa shape index (κ1) is 10.2. The molecule has 1 nitrogen and oxygen atoms in total. The van der Waals surface area contributed by atoms with Crippen molar-refractivity contribution in [2.24, 2.45) is 17.8 Å². The van der Waals surface area contributed by atoms with Gasteiger partial charge in [-0.15, -0.1) is 0 Å².